The third kappa shape index (κ3) is 4.86. The van der Waals surface area contributed by atoms with Gasteiger partial charge >= 0.3 is 0 Å². The topological polar surface area (TPSA) is 71.5 Å². The molecular formula is C23H23N3O3S. The van der Waals surface area contributed by atoms with Gasteiger partial charge in [0.1, 0.15) is 12.4 Å². The van der Waals surface area contributed by atoms with Crippen LogP contribution in [0.1, 0.15) is 28.9 Å². The number of likely N-dealkylation sites (tertiary alicyclic amines) is 1. The Kier molecular flexibility index (Phi) is 6.39. The molecule has 1 aliphatic rings. The van der Waals surface area contributed by atoms with E-state index in [-0.39, 0.29) is 17.7 Å². The number of ether oxygens (including phenoxy) is 1. The van der Waals surface area contributed by atoms with Crippen molar-refractivity contribution in [1.82, 2.24) is 9.88 Å². The van der Waals surface area contributed by atoms with Crippen molar-refractivity contribution in [1.29, 1.82) is 0 Å². The van der Waals surface area contributed by atoms with Crippen molar-refractivity contribution in [3.8, 4) is 5.75 Å². The summed E-state index contributed by atoms with van der Waals surface area (Å²) in [6, 6.07) is 16.6. The summed E-state index contributed by atoms with van der Waals surface area (Å²) >= 11 is 1.51. The maximum Gasteiger partial charge on any atom is 0.257 e. The van der Waals surface area contributed by atoms with Crippen molar-refractivity contribution in [2.24, 2.45) is 5.92 Å². The quantitative estimate of drug-likeness (QED) is 0.647. The van der Waals surface area contributed by atoms with Crippen LogP contribution in [-0.2, 0) is 11.4 Å². The molecule has 1 atom stereocenters. The number of anilines is 1. The average Bonchev–Trinajstić information content (AvgIpc) is 3.32. The standard InChI is InChI=1S/C23H23N3O3S/c27-22(25-18-8-2-1-3-9-18)17-7-6-12-26(13-17)23(28)20-10-4-5-11-21(20)29-14-19-15-30-16-24-19/h1-5,8-11,15-17H,6-7,12-14H2,(H,25,27). The third-order valence-corrected chi connectivity index (χ3v) is 5.73. The van der Waals surface area contributed by atoms with E-state index >= 15 is 0 Å². The van der Waals surface area contributed by atoms with Crippen LogP contribution in [0.15, 0.2) is 65.5 Å². The number of piperidine rings is 1. The SMILES string of the molecule is O=C(Nc1ccccc1)C1CCCN(C(=O)c2ccccc2OCc2cscn2)C1. The molecule has 154 valence electrons. The summed E-state index contributed by atoms with van der Waals surface area (Å²) in [5.41, 5.74) is 3.87. The predicted octanol–water partition coefficient (Wildman–Crippen LogP) is 4.21. The van der Waals surface area contributed by atoms with E-state index in [2.05, 4.69) is 10.3 Å². The van der Waals surface area contributed by atoms with Crippen LogP contribution < -0.4 is 10.1 Å². The van der Waals surface area contributed by atoms with Crippen molar-refractivity contribution in [3.63, 3.8) is 0 Å². The maximum atomic E-state index is 13.2. The van der Waals surface area contributed by atoms with Crippen molar-refractivity contribution in [2.45, 2.75) is 19.4 Å². The highest BCUT2D eigenvalue weighted by atomic mass is 32.1. The van der Waals surface area contributed by atoms with Gasteiger partial charge in [-0.25, -0.2) is 4.98 Å². The van der Waals surface area contributed by atoms with Gasteiger partial charge in [0.25, 0.3) is 5.91 Å². The third-order valence-electron chi connectivity index (χ3n) is 5.10. The normalized spacial score (nSPS) is 16.1. The van der Waals surface area contributed by atoms with E-state index in [9.17, 15) is 9.59 Å². The van der Waals surface area contributed by atoms with Crippen LogP contribution in [0.5, 0.6) is 5.75 Å². The number of para-hydroxylation sites is 2. The molecular weight excluding hydrogens is 398 g/mol. The van der Waals surface area contributed by atoms with Crippen molar-refractivity contribution in [2.75, 3.05) is 18.4 Å². The van der Waals surface area contributed by atoms with Crippen LogP contribution in [-0.4, -0.2) is 34.8 Å². The minimum absolute atomic E-state index is 0.0493. The van der Waals surface area contributed by atoms with Gasteiger partial charge in [-0.1, -0.05) is 30.3 Å². The molecule has 0 aliphatic carbocycles. The Morgan fingerprint density at radius 3 is 2.73 bits per heavy atom. The molecule has 4 rings (SSSR count). The van der Waals surface area contributed by atoms with E-state index in [0.717, 1.165) is 24.2 Å². The van der Waals surface area contributed by atoms with Crippen LogP contribution in [0.2, 0.25) is 0 Å². The summed E-state index contributed by atoms with van der Waals surface area (Å²) in [6.45, 7) is 1.35. The second kappa shape index (κ2) is 9.54. The molecule has 1 aliphatic heterocycles. The number of rotatable bonds is 6. The lowest BCUT2D eigenvalue weighted by atomic mass is 9.96. The van der Waals surface area contributed by atoms with Gasteiger partial charge < -0.3 is 15.0 Å². The van der Waals surface area contributed by atoms with Gasteiger partial charge in [0, 0.05) is 24.2 Å². The second-order valence-corrected chi connectivity index (χ2v) is 7.93. The van der Waals surface area contributed by atoms with E-state index < -0.39 is 0 Å². The number of nitrogens with one attached hydrogen (secondary N) is 1. The first-order chi connectivity index (χ1) is 14.7. The van der Waals surface area contributed by atoms with Crippen LogP contribution in [0.25, 0.3) is 0 Å². The Morgan fingerprint density at radius 2 is 1.93 bits per heavy atom. The summed E-state index contributed by atoms with van der Waals surface area (Å²) in [4.78, 5) is 31.9. The molecule has 1 saturated heterocycles. The molecule has 0 saturated carbocycles. The maximum absolute atomic E-state index is 13.2. The Labute approximate surface area is 179 Å². The number of thiazole rings is 1. The lowest BCUT2D eigenvalue weighted by molar-refractivity contribution is -0.121. The molecule has 2 heterocycles. The summed E-state index contributed by atoms with van der Waals surface area (Å²) in [5, 5.41) is 4.87. The molecule has 1 N–H and O–H groups in total. The highest BCUT2D eigenvalue weighted by Crippen LogP contribution is 2.25. The number of carbonyl (C=O) groups is 2. The fourth-order valence-electron chi connectivity index (χ4n) is 3.54. The second-order valence-electron chi connectivity index (χ2n) is 7.21. The average molecular weight is 422 g/mol. The Bertz CT molecular complexity index is 992. The number of hydrogen-bond donors (Lipinski definition) is 1. The van der Waals surface area contributed by atoms with Crippen LogP contribution in [0.3, 0.4) is 0 Å². The van der Waals surface area contributed by atoms with Gasteiger partial charge in [-0.2, -0.15) is 0 Å². The molecule has 0 bridgehead atoms. The lowest BCUT2D eigenvalue weighted by Crippen LogP contribution is -2.43. The number of hydrogen-bond acceptors (Lipinski definition) is 5. The zero-order valence-electron chi connectivity index (χ0n) is 16.5. The molecule has 1 unspecified atom stereocenters. The highest BCUT2D eigenvalue weighted by molar-refractivity contribution is 7.07. The minimum atomic E-state index is -0.231. The number of nitrogens with zero attached hydrogens (tertiary/aromatic N) is 2. The predicted molar refractivity (Wildman–Crippen MR) is 117 cm³/mol. The summed E-state index contributed by atoms with van der Waals surface area (Å²) in [6.07, 6.45) is 1.56. The van der Waals surface area contributed by atoms with Gasteiger partial charge in [-0.05, 0) is 37.1 Å². The fourth-order valence-corrected chi connectivity index (χ4v) is 4.08. The lowest BCUT2D eigenvalue weighted by Gasteiger charge is -2.32. The molecule has 0 spiro atoms. The van der Waals surface area contributed by atoms with Crippen molar-refractivity contribution >= 4 is 28.8 Å². The number of benzene rings is 2. The monoisotopic (exact) mass is 421 g/mol. The van der Waals surface area contributed by atoms with E-state index in [1.54, 1.807) is 22.5 Å². The zero-order chi connectivity index (χ0) is 20.8. The highest BCUT2D eigenvalue weighted by Gasteiger charge is 2.30. The number of amides is 2. The van der Waals surface area contributed by atoms with E-state index in [1.807, 2.05) is 47.8 Å². The molecule has 1 aromatic heterocycles. The van der Waals surface area contributed by atoms with E-state index in [0.29, 0.717) is 31.0 Å². The van der Waals surface area contributed by atoms with Gasteiger partial charge in [0.15, 0.2) is 0 Å². The first-order valence-corrected chi connectivity index (χ1v) is 10.9. The minimum Gasteiger partial charge on any atom is -0.486 e. The summed E-state index contributed by atoms with van der Waals surface area (Å²) in [5.74, 6) is 0.144. The van der Waals surface area contributed by atoms with Gasteiger partial charge in [-0.15, -0.1) is 11.3 Å². The van der Waals surface area contributed by atoms with Gasteiger partial charge in [0.05, 0.1) is 22.7 Å². The molecule has 1 fully saturated rings. The first-order valence-electron chi connectivity index (χ1n) is 9.95. The Hall–Kier alpha value is -3.19. The largest absolute Gasteiger partial charge is 0.486 e. The fraction of sp³-hybridized carbons (Fsp3) is 0.261. The van der Waals surface area contributed by atoms with E-state index in [4.69, 9.17) is 4.74 Å². The summed E-state index contributed by atoms with van der Waals surface area (Å²) < 4.78 is 5.86. The number of aromatic nitrogens is 1. The van der Waals surface area contributed by atoms with Crippen molar-refractivity contribution in [3.05, 3.63) is 76.7 Å². The molecule has 2 amide bonds. The zero-order valence-corrected chi connectivity index (χ0v) is 17.3. The Morgan fingerprint density at radius 1 is 1.13 bits per heavy atom. The molecule has 7 heteroatoms. The molecule has 3 aromatic rings. The number of carbonyl (C=O) groups excluding carboxylic acids is 2. The molecule has 6 nitrogen and oxygen atoms in total. The van der Waals surface area contributed by atoms with Crippen LogP contribution >= 0.6 is 11.3 Å². The first kappa shape index (κ1) is 20.1. The molecule has 30 heavy (non-hydrogen) atoms. The molecule has 2 aromatic carbocycles. The van der Waals surface area contributed by atoms with Crippen LogP contribution in [0.4, 0.5) is 5.69 Å². The van der Waals surface area contributed by atoms with Crippen LogP contribution in [0, 0.1) is 5.92 Å². The van der Waals surface area contributed by atoms with Crippen molar-refractivity contribution < 1.29 is 14.3 Å². The summed E-state index contributed by atoms with van der Waals surface area (Å²) in [7, 11) is 0. The Balaban J connectivity index is 1.42. The van der Waals surface area contributed by atoms with Gasteiger partial charge in [-0.3, -0.25) is 9.59 Å². The molecule has 0 radical (unpaired) electrons. The van der Waals surface area contributed by atoms with E-state index in [1.165, 1.54) is 11.3 Å². The van der Waals surface area contributed by atoms with Gasteiger partial charge in [0.2, 0.25) is 5.91 Å². The smallest absolute Gasteiger partial charge is 0.257 e.